The summed E-state index contributed by atoms with van der Waals surface area (Å²) >= 11 is 0. The van der Waals surface area contributed by atoms with Crippen molar-refractivity contribution in [3.63, 3.8) is 0 Å². The fraction of sp³-hybridized carbons (Fsp3) is 0.533. The zero-order chi connectivity index (χ0) is 27.5. The Balaban J connectivity index is 1.61. The summed E-state index contributed by atoms with van der Waals surface area (Å²) in [6, 6.07) is 1.57. The molecule has 204 valence electrons. The highest BCUT2D eigenvalue weighted by Crippen LogP contribution is 2.52. The number of Topliss-reactive ketones (excluding diaryl/α,β-unsaturated/α-hetero) is 1. The van der Waals surface area contributed by atoms with Crippen LogP contribution in [-0.4, -0.2) is 70.0 Å². The molecule has 1 aromatic rings. The van der Waals surface area contributed by atoms with E-state index in [1.54, 1.807) is 0 Å². The molecule has 3 unspecified atom stereocenters. The topological polar surface area (TPSA) is 127 Å². The first-order valence-corrected chi connectivity index (χ1v) is 13.6. The number of rotatable bonds is 5. The van der Waals surface area contributed by atoms with Gasteiger partial charge in [-0.15, -0.1) is 0 Å². The van der Waals surface area contributed by atoms with Crippen molar-refractivity contribution in [2.45, 2.75) is 58.0 Å². The van der Waals surface area contributed by atoms with E-state index in [-0.39, 0.29) is 52.8 Å². The molecule has 1 aromatic carbocycles. The van der Waals surface area contributed by atoms with Crippen molar-refractivity contribution in [2.24, 2.45) is 23.5 Å². The number of fused-ring (bicyclic) bond motifs is 3. The lowest BCUT2D eigenvalue weighted by Crippen LogP contribution is -2.49. The summed E-state index contributed by atoms with van der Waals surface area (Å²) in [5.74, 6) is -1.88. The molecule has 4 aliphatic rings. The Morgan fingerprint density at radius 3 is 2.50 bits per heavy atom. The van der Waals surface area contributed by atoms with Crippen molar-refractivity contribution in [1.29, 1.82) is 0 Å². The Morgan fingerprint density at radius 2 is 1.89 bits per heavy atom. The smallest absolute Gasteiger partial charge is 0.248 e. The molecule has 0 radical (unpaired) electrons. The summed E-state index contributed by atoms with van der Waals surface area (Å²) in [5, 5.41) is 34.0. The Labute approximate surface area is 224 Å². The lowest BCUT2D eigenvalue weighted by molar-refractivity contribution is -0.115. The summed E-state index contributed by atoms with van der Waals surface area (Å²) in [7, 11) is 3.65. The second kappa shape index (κ2) is 9.89. The number of phenolic OH excluding ortho intramolecular Hbond substituents is 1. The summed E-state index contributed by atoms with van der Waals surface area (Å²) in [6.07, 6.45) is 6.43. The van der Waals surface area contributed by atoms with E-state index in [0.717, 1.165) is 36.2 Å². The van der Waals surface area contributed by atoms with Gasteiger partial charge in [-0.05, 0) is 68.7 Å². The van der Waals surface area contributed by atoms with Crippen molar-refractivity contribution in [3.8, 4) is 5.75 Å². The average Bonchev–Trinajstić information content (AvgIpc) is 2.85. The SMILES string of the molecule is CC(C)c1cc(CN2CC=CCC2)c(O)c2c1CC1CC3C(CC(C(N)=O)=C(O)[C@H]3N(C)C)C(O)=C1C2=O. The van der Waals surface area contributed by atoms with E-state index in [1.807, 2.05) is 19.0 Å². The number of carbonyl (C=O) groups excluding carboxylic acids is 2. The van der Waals surface area contributed by atoms with Crippen LogP contribution in [0.15, 0.2) is 40.9 Å². The number of primary amides is 1. The van der Waals surface area contributed by atoms with Crippen molar-refractivity contribution in [1.82, 2.24) is 9.80 Å². The average molecular weight is 522 g/mol. The number of amides is 1. The monoisotopic (exact) mass is 521 g/mol. The molecule has 4 atom stereocenters. The number of aliphatic hydroxyl groups excluding tert-OH is 2. The maximum Gasteiger partial charge on any atom is 0.248 e. The molecule has 8 heteroatoms. The van der Waals surface area contributed by atoms with E-state index in [4.69, 9.17) is 5.73 Å². The predicted octanol–water partition coefficient (Wildman–Crippen LogP) is 3.71. The van der Waals surface area contributed by atoms with Gasteiger partial charge in [0, 0.05) is 36.7 Å². The van der Waals surface area contributed by atoms with Crippen LogP contribution in [0, 0.1) is 17.8 Å². The third kappa shape index (κ3) is 4.24. The molecule has 8 nitrogen and oxygen atoms in total. The molecule has 0 bridgehead atoms. The van der Waals surface area contributed by atoms with Crippen molar-refractivity contribution >= 4 is 11.7 Å². The van der Waals surface area contributed by atoms with Crippen LogP contribution in [0.5, 0.6) is 5.75 Å². The number of nitrogens with two attached hydrogens (primary N) is 1. The van der Waals surface area contributed by atoms with Gasteiger partial charge in [0.1, 0.15) is 17.3 Å². The molecule has 1 amide bonds. The third-order valence-corrected chi connectivity index (χ3v) is 8.98. The number of benzene rings is 1. The quantitative estimate of drug-likeness (QED) is 0.435. The Bertz CT molecular complexity index is 1270. The van der Waals surface area contributed by atoms with Crippen LogP contribution in [0.4, 0.5) is 0 Å². The molecule has 0 aromatic heterocycles. The zero-order valence-electron chi connectivity index (χ0n) is 22.7. The molecule has 0 spiro atoms. The van der Waals surface area contributed by atoms with Crippen LogP contribution in [0.2, 0.25) is 0 Å². The molecule has 38 heavy (non-hydrogen) atoms. The van der Waals surface area contributed by atoms with Gasteiger partial charge in [-0.1, -0.05) is 32.1 Å². The largest absolute Gasteiger partial charge is 0.512 e. The summed E-state index contributed by atoms with van der Waals surface area (Å²) < 4.78 is 0. The molecule has 1 aliphatic heterocycles. The molecular formula is C30H39N3O5. The number of aromatic hydroxyl groups is 1. The van der Waals surface area contributed by atoms with E-state index in [9.17, 15) is 24.9 Å². The van der Waals surface area contributed by atoms with Gasteiger partial charge in [-0.25, -0.2) is 0 Å². The molecule has 0 saturated heterocycles. The Kier molecular flexibility index (Phi) is 6.90. The Hall–Kier alpha value is -3.10. The Morgan fingerprint density at radius 1 is 1.16 bits per heavy atom. The molecule has 5 N–H and O–H groups in total. The van der Waals surface area contributed by atoms with Gasteiger partial charge in [0.2, 0.25) is 5.91 Å². The van der Waals surface area contributed by atoms with Gasteiger partial charge in [0.15, 0.2) is 5.78 Å². The molecule has 1 heterocycles. The van der Waals surface area contributed by atoms with Crippen LogP contribution in [0.1, 0.15) is 66.1 Å². The van der Waals surface area contributed by atoms with Gasteiger partial charge < -0.3 is 21.1 Å². The predicted molar refractivity (Wildman–Crippen MR) is 145 cm³/mol. The minimum Gasteiger partial charge on any atom is -0.512 e. The highest BCUT2D eigenvalue weighted by atomic mass is 16.3. The zero-order valence-corrected chi connectivity index (χ0v) is 22.7. The normalized spacial score (nSPS) is 27.6. The van der Waals surface area contributed by atoms with E-state index >= 15 is 0 Å². The number of nitrogens with zero attached hydrogens (tertiary/aromatic N) is 2. The van der Waals surface area contributed by atoms with Crippen molar-refractivity contribution in [2.75, 3.05) is 27.2 Å². The first-order chi connectivity index (χ1) is 18.0. The second-order valence-electron chi connectivity index (χ2n) is 11.9. The van der Waals surface area contributed by atoms with Crippen LogP contribution in [-0.2, 0) is 17.8 Å². The van der Waals surface area contributed by atoms with Crippen LogP contribution >= 0.6 is 0 Å². The van der Waals surface area contributed by atoms with Gasteiger partial charge in [0.05, 0.1) is 17.2 Å². The van der Waals surface area contributed by atoms with Crippen LogP contribution < -0.4 is 5.73 Å². The number of carbonyl (C=O) groups is 2. The minimum atomic E-state index is -0.718. The first-order valence-electron chi connectivity index (χ1n) is 13.6. The van der Waals surface area contributed by atoms with E-state index in [1.165, 1.54) is 0 Å². The van der Waals surface area contributed by atoms with E-state index in [2.05, 4.69) is 37.0 Å². The fourth-order valence-electron chi connectivity index (χ4n) is 7.21. The summed E-state index contributed by atoms with van der Waals surface area (Å²) in [5.41, 5.74) is 8.98. The summed E-state index contributed by atoms with van der Waals surface area (Å²) in [6.45, 7) is 6.44. The van der Waals surface area contributed by atoms with Crippen molar-refractivity contribution < 1.29 is 24.9 Å². The van der Waals surface area contributed by atoms with Gasteiger partial charge in [-0.3, -0.25) is 19.4 Å². The highest BCUT2D eigenvalue weighted by molar-refractivity contribution is 6.13. The number of hydrogen-bond donors (Lipinski definition) is 4. The van der Waals surface area contributed by atoms with E-state index < -0.39 is 17.9 Å². The molecule has 0 fully saturated rings. The van der Waals surface area contributed by atoms with Gasteiger partial charge in [-0.2, -0.15) is 0 Å². The van der Waals surface area contributed by atoms with Crippen LogP contribution in [0.25, 0.3) is 0 Å². The number of hydrogen-bond acceptors (Lipinski definition) is 7. The third-order valence-electron chi connectivity index (χ3n) is 8.98. The van der Waals surface area contributed by atoms with Crippen molar-refractivity contribution in [3.05, 3.63) is 63.1 Å². The first kappa shape index (κ1) is 26.5. The maximum atomic E-state index is 14.1. The van der Waals surface area contributed by atoms with Crippen LogP contribution in [0.3, 0.4) is 0 Å². The molecule has 5 rings (SSSR count). The molecular weight excluding hydrogens is 482 g/mol. The number of allylic oxidation sites excluding steroid dienone is 2. The second-order valence-corrected chi connectivity index (χ2v) is 11.9. The molecule has 3 aliphatic carbocycles. The standard InChI is InChI=1S/C30H39N3O5/c1-15(2)18-12-17(14-33-8-6-5-7-9-33)26(34)24-19(18)10-16-11-20-21(27(35)23(16)29(24)37)13-22(30(31)38)28(36)25(20)32(3)4/h5-6,12,15-16,20-21,25,34-36H,7-11,13-14H2,1-4H3,(H2,31,38)/t16?,20?,21?,25-/m0/s1. The summed E-state index contributed by atoms with van der Waals surface area (Å²) in [4.78, 5) is 30.4. The van der Waals surface area contributed by atoms with Gasteiger partial charge in [0.25, 0.3) is 0 Å². The lowest BCUT2D eigenvalue weighted by atomic mass is 9.60. The highest BCUT2D eigenvalue weighted by Gasteiger charge is 2.51. The molecule has 0 saturated carbocycles. The fourth-order valence-corrected chi connectivity index (χ4v) is 7.21. The number of phenols is 1. The lowest BCUT2D eigenvalue weighted by Gasteiger charge is -2.47. The number of likely N-dealkylation sites (N-methyl/N-ethyl adjacent to an activating group) is 1. The van der Waals surface area contributed by atoms with Gasteiger partial charge >= 0.3 is 0 Å². The number of aliphatic hydroxyl groups is 2. The van der Waals surface area contributed by atoms with E-state index in [0.29, 0.717) is 30.5 Å². The maximum absolute atomic E-state index is 14.1. The minimum absolute atomic E-state index is 0.00926. The number of ketones is 1.